The van der Waals surface area contributed by atoms with E-state index in [1.54, 1.807) is 25.3 Å². The third-order valence-corrected chi connectivity index (χ3v) is 7.04. The van der Waals surface area contributed by atoms with E-state index in [1.165, 1.54) is 19.3 Å². The molecule has 3 N–H and O–H groups in total. The van der Waals surface area contributed by atoms with E-state index in [0.717, 1.165) is 41.9 Å². The van der Waals surface area contributed by atoms with Gasteiger partial charge in [-0.15, -0.1) is 0 Å². The van der Waals surface area contributed by atoms with Crippen LogP contribution in [0.1, 0.15) is 38.5 Å². The number of carbonyl (C=O) groups is 2. The van der Waals surface area contributed by atoms with Crippen LogP contribution in [0.5, 0.6) is 5.75 Å². The number of quaternary nitrogens is 1. The number of halogens is 1. The van der Waals surface area contributed by atoms with E-state index in [9.17, 15) is 9.59 Å². The maximum atomic E-state index is 12.7. The van der Waals surface area contributed by atoms with Gasteiger partial charge in [-0.05, 0) is 74.5 Å². The largest absolute Gasteiger partial charge is 0.495 e. The Kier molecular flexibility index (Phi) is 5.76. The third-order valence-electron chi connectivity index (χ3n) is 6.80. The topological polar surface area (TPSA) is 71.9 Å². The Morgan fingerprint density at radius 2 is 1.69 bits per heavy atom. The number of likely N-dealkylation sites (N-methyl/N-ethyl adjacent to an activating group) is 1. The van der Waals surface area contributed by atoms with E-state index >= 15 is 0 Å². The Balaban J connectivity index is 1.28. The van der Waals surface area contributed by atoms with Crippen LogP contribution in [0.3, 0.4) is 0 Å². The van der Waals surface area contributed by atoms with Gasteiger partial charge >= 0.3 is 0 Å². The van der Waals surface area contributed by atoms with Crippen molar-refractivity contribution in [3.63, 3.8) is 0 Å². The fourth-order valence-electron chi connectivity index (χ4n) is 6.19. The number of rotatable bonds is 7. The minimum Gasteiger partial charge on any atom is -0.495 e. The van der Waals surface area contributed by atoms with Crippen LogP contribution in [-0.2, 0) is 9.59 Å². The SMILES string of the molecule is COc1ccc(Cl)cc1NC(=O)C[NH+](C)CC(=O)NC12CC3CC(CC(C3)C1)C2. The zero-order valence-corrected chi connectivity index (χ0v) is 18.0. The van der Waals surface area contributed by atoms with Gasteiger partial charge < -0.3 is 20.3 Å². The molecule has 0 radical (unpaired) electrons. The van der Waals surface area contributed by atoms with Crippen LogP contribution in [0.2, 0.25) is 5.02 Å². The van der Waals surface area contributed by atoms with Crippen molar-refractivity contribution in [2.45, 2.75) is 44.1 Å². The molecule has 5 rings (SSSR count). The Morgan fingerprint density at radius 1 is 1.10 bits per heavy atom. The van der Waals surface area contributed by atoms with E-state index in [-0.39, 0.29) is 23.9 Å². The molecule has 4 aliphatic rings. The average molecular weight is 421 g/mol. The maximum absolute atomic E-state index is 12.7. The van der Waals surface area contributed by atoms with Crippen molar-refractivity contribution in [3.05, 3.63) is 23.2 Å². The number of hydrogen-bond donors (Lipinski definition) is 3. The summed E-state index contributed by atoms with van der Waals surface area (Å²) in [4.78, 5) is 26.0. The van der Waals surface area contributed by atoms with Crippen molar-refractivity contribution in [2.75, 3.05) is 32.6 Å². The van der Waals surface area contributed by atoms with Crippen molar-refractivity contribution in [1.29, 1.82) is 0 Å². The molecule has 2 amide bonds. The van der Waals surface area contributed by atoms with Gasteiger partial charge in [0.05, 0.1) is 19.8 Å². The second-order valence-electron chi connectivity index (χ2n) is 9.45. The van der Waals surface area contributed by atoms with Crippen LogP contribution in [0.4, 0.5) is 5.69 Å². The molecule has 6 nitrogen and oxygen atoms in total. The summed E-state index contributed by atoms with van der Waals surface area (Å²) in [5.41, 5.74) is 0.554. The number of carbonyl (C=O) groups excluding carboxylic acids is 2. The lowest BCUT2D eigenvalue weighted by atomic mass is 9.53. The average Bonchev–Trinajstić information content (AvgIpc) is 2.59. The molecular weight excluding hydrogens is 390 g/mol. The fourth-order valence-corrected chi connectivity index (χ4v) is 6.36. The van der Waals surface area contributed by atoms with E-state index < -0.39 is 0 Å². The first-order valence-corrected chi connectivity index (χ1v) is 11.0. The lowest BCUT2D eigenvalue weighted by Gasteiger charge is -2.56. The molecule has 158 valence electrons. The fraction of sp³-hybridized carbons (Fsp3) is 0.636. The minimum atomic E-state index is -0.175. The van der Waals surface area contributed by atoms with Crippen LogP contribution in [0, 0.1) is 17.8 Å². The van der Waals surface area contributed by atoms with Gasteiger partial charge in [-0.2, -0.15) is 0 Å². The van der Waals surface area contributed by atoms with Crippen molar-refractivity contribution in [1.82, 2.24) is 5.32 Å². The highest BCUT2D eigenvalue weighted by atomic mass is 35.5. The molecule has 0 spiro atoms. The molecule has 4 saturated carbocycles. The van der Waals surface area contributed by atoms with Crippen molar-refractivity contribution < 1.29 is 19.2 Å². The van der Waals surface area contributed by atoms with Crippen molar-refractivity contribution in [2.24, 2.45) is 17.8 Å². The summed E-state index contributed by atoms with van der Waals surface area (Å²) >= 11 is 6.01. The number of ether oxygens (including phenoxy) is 1. The first-order valence-electron chi connectivity index (χ1n) is 10.6. The zero-order chi connectivity index (χ0) is 20.6. The highest BCUT2D eigenvalue weighted by Gasteiger charge is 2.51. The Labute approximate surface area is 177 Å². The van der Waals surface area contributed by atoms with Gasteiger partial charge in [0.15, 0.2) is 13.1 Å². The van der Waals surface area contributed by atoms with E-state index in [2.05, 4.69) is 10.6 Å². The monoisotopic (exact) mass is 420 g/mol. The molecule has 1 aromatic rings. The quantitative estimate of drug-likeness (QED) is 0.630. The highest BCUT2D eigenvalue weighted by Crippen LogP contribution is 2.55. The summed E-state index contributed by atoms with van der Waals surface area (Å²) in [5, 5.41) is 6.73. The van der Waals surface area contributed by atoms with Crippen molar-refractivity contribution >= 4 is 29.1 Å². The van der Waals surface area contributed by atoms with Gasteiger partial charge in [-0.25, -0.2) is 0 Å². The van der Waals surface area contributed by atoms with Crippen LogP contribution in [0.25, 0.3) is 0 Å². The first-order chi connectivity index (χ1) is 13.8. The van der Waals surface area contributed by atoms with Crippen LogP contribution < -0.4 is 20.3 Å². The smallest absolute Gasteiger partial charge is 0.279 e. The molecule has 1 unspecified atom stereocenters. The molecule has 4 bridgehead atoms. The standard InChI is InChI=1S/C22H30ClN3O3/c1-26(12-20(27)24-18-8-17(23)3-4-19(18)29-2)13-21(28)25-22-9-14-5-15(10-22)7-16(6-14)11-22/h3-4,8,14-16H,5-7,9-13H2,1-2H3,(H,24,27)(H,25,28)/p+1. The lowest BCUT2D eigenvalue weighted by Crippen LogP contribution is -3.11. The molecule has 0 saturated heterocycles. The Hall–Kier alpha value is -1.79. The van der Waals surface area contributed by atoms with Crippen LogP contribution in [-0.4, -0.2) is 44.6 Å². The van der Waals surface area contributed by atoms with E-state index in [0.29, 0.717) is 23.0 Å². The third kappa shape index (κ3) is 4.69. The summed E-state index contributed by atoms with van der Waals surface area (Å²) < 4.78 is 5.26. The Bertz CT molecular complexity index is 762. The summed E-state index contributed by atoms with van der Waals surface area (Å²) in [7, 11) is 3.42. The van der Waals surface area contributed by atoms with Gasteiger partial charge in [0.2, 0.25) is 0 Å². The number of anilines is 1. The van der Waals surface area contributed by atoms with E-state index in [4.69, 9.17) is 16.3 Å². The molecule has 1 atom stereocenters. The molecule has 29 heavy (non-hydrogen) atoms. The second kappa shape index (κ2) is 8.15. The number of methoxy groups -OCH3 is 1. The Morgan fingerprint density at radius 3 is 2.28 bits per heavy atom. The first kappa shape index (κ1) is 20.5. The summed E-state index contributed by atoms with van der Waals surface area (Å²) in [6, 6.07) is 5.09. The normalized spacial score (nSPS) is 30.7. The van der Waals surface area contributed by atoms with Crippen molar-refractivity contribution in [3.8, 4) is 5.75 Å². The summed E-state index contributed by atoms with van der Waals surface area (Å²) in [5.74, 6) is 2.82. The molecule has 4 fully saturated rings. The number of hydrogen-bond acceptors (Lipinski definition) is 3. The van der Waals surface area contributed by atoms with Gasteiger partial charge in [-0.1, -0.05) is 11.6 Å². The second-order valence-corrected chi connectivity index (χ2v) is 9.89. The number of nitrogens with one attached hydrogen (secondary N) is 3. The van der Waals surface area contributed by atoms with Crippen LogP contribution in [0.15, 0.2) is 18.2 Å². The molecule has 0 heterocycles. The van der Waals surface area contributed by atoms with Gasteiger partial charge in [0, 0.05) is 10.6 Å². The molecule has 0 aromatic heterocycles. The van der Waals surface area contributed by atoms with Gasteiger partial charge in [-0.3, -0.25) is 9.59 Å². The number of benzene rings is 1. The predicted molar refractivity (Wildman–Crippen MR) is 112 cm³/mol. The molecule has 4 aliphatic carbocycles. The predicted octanol–water partition coefficient (Wildman–Crippen LogP) is 1.89. The van der Waals surface area contributed by atoms with Gasteiger partial charge in [0.25, 0.3) is 11.8 Å². The number of amides is 2. The highest BCUT2D eigenvalue weighted by molar-refractivity contribution is 6.31. The lowest BCUT2D eigenvalue weighted by molar-refractivity contribution is -0.862. The minimum absolute atomic E-state index is 0.0164. The molecule has 7 heteroatoms. The van der Waals surface area contributed by atoms with E-state index in [1.807, 2.05) is 7.05 Å². The molecule has 1 aromatic carbocycles. The van der Waals surface area contributed by atoms with Gasteiger partial charge in [0.1, 0.15) is 5.75 Å². The molecule has 0 aliphatic heterocycles. The molecular formula is C22H31ClN3O3+. The van der Waals surface area contributed by atoms with Crippen LogP contribution >= 0.6 is 11.6 Å². The zero-order valence-electron chi connectivity index (χ0n) is 17.2. The summed E-state index contributed by atoms with van der Waals surface area (Å²) in [6.45, 7) is 0.492. The summed E-state index contributed by atoms with van der Waals surface area (Å²) in [6.07, 6.45) is 7.48. The maximum Gasteiger partial charge on any atom is 0.279 e.